The van der Waals surface area contributed by atoms with E-state index in [9.17, 15) is 41.7 Å². The third kappa shape index (κ3) is 4.77. The van der Waals surface area contributed by atoms with Gasteiger partial charge in [-0.2, -0.15) is 41.4 Å². The van der Waals surface area contributed by atoms with Gasteiger partial charge in [-0.3, -0.25) is 4.57 Å². The number of anilines is 2. The number of nitrogens with zero attached hydrogens (tertiary/aromatic N) is 5. The predicted octanol–water partition coefficient (Wildman–Crippen LogP) is 1.50. The van der Waals surface area contributed by atoms with E-state index in [4.69, 9.17) is 10.5 Å². The Bertz CT molecular complexity index is 1300. The SMILES string of the molecule is Nc1nc(NN=Cc2ccc(C(F)(F)F)cc2C(F)(F)F)nc2c1ncn2[C@@H]1O[C@H](CO)[C@@H](O)[C@H]1O. The number of aliphatic hydroxyl groups excluding tert-OH is 3. The Kier molecular flexibility index (Phi) is 6.50. The number of fused-ring (bicyclic) bond motifs is 1. The van der Waals surface area contributed by atoms with E-state index in [0.717, 1.165) is 0 Å². The van der Waals surface area contributed by atoms with E-state index in [0.29, 0.717) is 18.3 Å². The number of nitrogens with two attached hydrogens (primary N) is 1. The molecule has 0 spiro atoms. The number of nitrogen functional groups attached to an aromatic ring is 1. The zero-order valence-electron chi connectivity index (χ0n) is 17.7. The fourth-order valence-corrected chi connectivity index (χ4v) is 3.53. The molecule has 3 heterocycles. The normalized spacial score (nSPS) is 23.1. The highest BCUT2D eigenvalue weighted by Gasteiger charge is 2.44. The number of hydrogen-bond donors (Lipinski definition) is 5. The number of hydrazone groups is 1. The monoisotopic (exact) mass is 521 g/mol. The molecule has 0 aliphatic carbocycles. The van der Waals surface area contributed by atoms with Gasteiger partial charge in [0.15, 0.2) is 17.7 Å². The van der Waals surface area contributed by atoms with Gasteiger partial charge in [0.25, 0.3) is 0 Å². The molecule has 1 aliphatic rings. The second-order valence-electron chi connectivity index (χ2n) is 7.65. The smallest absolute Gasteiger partial charge is 0.394 e. The Morgan fingerprint density at radius 2 is 1.83 bits per heavy atom. The van der Waals surface area contributed by atoms with Gasteiger partial charge < -0.3 is 25.8 Å². The summed E-state index contributed by atoms with van der Waals surface area (Å²) in [5, 5.41) is 33.1. The molecule has 17 heteroatoms. The molecule has 2 aromatic heterocycles. The molecular weight excluding hydrogens is 504 g/mol. The fourth-order valence-electron chi connectivity index (χ4n) is 3.53. The third-order valence-corrected chi connectivity index (χ3v) is 5.29. The first-order valence-corrected chi connectivity index (χ1v) is 10.0. The van der Waals surface area contributed by atoms with Crippen LogP contribution in [0.3, 0.4) is 0 Å². The standard InChI is InChI=1S/C19H17F6N7O4/c20-18(21,22)8-2-1-7(9(3-8)19(23,24)25)4-28-31-17-29-14(26)11-15(30-17)32(6-27-11)16-13(35)12(34)10(5-33)36-16/h1-4,6,10,12-13,16,33-35H,5H2,(H3,26,29,30,31)/t10-,12-,13-,16-/m1/s1. The number of imidazole rings is 1. The molecule has 0 radical (unpaired) electrons. The van der Waals surface area contributed by atoms with Crippen molar-refractivity contribution in [2.24, 2.45) is 5.10 Å². The maximum Gasteiger partial charge on any atom is 0.417 e. The van der Waals surface area contributed by atoms with Crippen molar-refractivity contribution in [2.45, 2.75) is 36.9 Å². The van der Waals surface area contributed by atoms with Crippen LogP contribution in [0.2, 0.25) is 0 Å². The summed E-state index contributed by atoms with van der Waals surface area (Å²) in [6.07, 6.45) is -13.4. The summed E-state index contributed by atoms with van der Waals surface area (Å²) < 4.78 is 85.0. The van der Waals surface area contributed by atoms with Crippen LogP contribution in [0.1, 0.15) is 22.9 Å². The van der Waals surface area contributed by atoms with E-state index in [-0.39, 0.29) is 29.0 Å². The number of ether oxygens (including phenoxy) is 1. The predicted molar refractivity (Wildman–Crippen MR) is 110 cm³/mol. The lowest BCUT2D eigenvalue weighted by Crippen LogP contribution is -2.33. The molecule has 194 valence electrons. The molecule has 4 rings (SSSR count). The molecule has 11 nitrogen and oxygen atoms in total. The molecule has 0 amide bonds. The summed E-state index contributed by atoms with van der Waals surface area (Å²) in [7, 11) is 0. The lowest BCUT2D eigenvalue weighted by Gasteiger charge is -2.16. The molecule has 36 heavy (non-hydrogen) atoms. The number of benzene rings is 1. The van der Waals surface area contributed by atoms with Gasteiger partial charge >= 0.3 is 12.4 Å². The summed E-state index contributed by atoms with van der Waals surface area (Å²) in [4.78, 5) is 11.9. The van der Waals surface area contributed by atoms with E-state index in [1.165, 1.54) is 10.9 Å². The molecule has 0 saturated carbocycles. The quantitative estimate of drug-likeness (QED) is 0.190. The Balaban J connectivity index is 1.63. The summed E-state index contributed by atoms with van der Waals surface area (Å²) in [6, 6.07) is 1.07. The first-order chi connectivity index (χ1) is 16.8. The maximum absolute atomic E-state index is 13.3. The second-order valence-corrected chi connectivity index (χ2v) is 7.65. The number of nitrogens with one attached hydrogen (secondary N) is 1. The molecule has 3 aromatic rings. The maximum atomic E-state index is 13.3. The molecule has 1 aromatic carbocycles. The fraction of sp³-hybridized carbons (Fsp3) is 0.368. The molecule has 4 atom stereocenters. The van der Waals surface area contributed by atoms with Crippen LogP contribution >= 0.6 is 0 Å². The van der Waals surface area contributed by atoms with Crippen LogP contribution in [0, 0.1) is 0 Å². The van der Waals surface area contributed by atoms with Crippen LogP contribution in [0.25, 0.3) is 11.2 Å². The topological polar surface area (TPSA) is 164 Å². The van der Waals surface area contributed by atoms with E-state index in [1.54, 1.807) is 0 Å². The zero-order chi connectivity index (χ0) is 26.4. The summed E-state index contributed by atoms with van der Waals surface area (Å²) >= 11 is 0. The second kappa shape index (κ2) is 9.16. The largest absolute Gasteiger partial charge is 0.417 e. The molecule has 0 unspecified atom stereocenters. The van der Waals surface area contributed by atoms with Crippen LogP contribution in [-0.4, -0.2) is 66.0 Å². The van der Waals surface area contributed by atoms with Crippen molar-refractivity contribution in [3.63, 3.8) is 0 Å². The van der Waals surface area contributed by atoms with Gasteiger partial charge in [0.05, 0.1) is 30.3 Å². The minimum Gasteiger partial charge on any atom is -0.394 e. The van der Waals surface area contributed by atoms with Crippen LogP contribution < -0.4 is 11.2 Å². The van der Waals surface area contributed by atoms with Crippen molar-refractivity contribution in [1.82, 2.24) is 19.5 Å². The Labute approximate surface area is 196 Å². The van der Waals surface area contributed by atoms with Crippen LogP contribution in [0.4, 0.5) is 38.1 Å². The van der Waals surface area contributed by atoms with Gasteiger partial charge in [-0.05, 0) is 12.1 Å². The lowest BCUT2D eigenvalue weighted by molar-refractivity contribution is -0.143. The van der Waals surface area contributed by atoms with Crippen LogP contribution in [-0.2, 0) is 17.1 Å². The Hall–Kier alpha value is -3.54. The van der Waals surface area contributed by atoms with Crippen molar-refractivity contribution in [1.29, 1.82) is 0 Å². The van der Waals surface area contributed by atoms with Crippen molar-refractivity contribution >= 4 is 29.1 Å². The van der Waals surface area contributed by atoms with Gasteiger partial charge in [0.1, 0.15) is 23.8 Å². The number of aromatic nitrogens is 4. The Morgan fingerprint density at radius 1 is 1.11 bits per heavy atom. The third-order valence-electron chi connectivity index (χ3n) is 5.29. The highest BCUT2D eigenvalue weighted by atomic mass is 19.4. The molecule has 1 fully saturated rings. The highest BCUT2D eigenvalue weighted by molar-refractivity contribution is 5.84. The Morgan fingerprint density at radius 3 is 2.44 bits per heavy atom. The lowest BCUT2D eigenvalue weighted by atomic mass is 10.0. The molecule has 1 aliphatic heterocycles. The number of halogens is 6. The molecule has 0 bridgehead atoms. The average molecular weight is 521 g/mol. The van der Waals surface area contributed by atoms with Crippen LogP contribution in [0.15, 0.2) is 29.6 Å². The number of rotatable bonds is 5. The van der Waals surface area contributed by atoms with Crippen molar-refractivity contribution in [2.75, 3.05) is 17.8 Å². The number of alkyl halides is 6. The molecule has 1 saturated heterocycles. The van der Waals surface area contributed by atoms with Gasteiger partial charge in [-0.15, -0.1) is 0 Å². The van der Waals surface area contributed by atoms with Gasteiger partial charge in [0, 0.05) is 5.56 Å². The van der Waals surface area contributed by atoms with Crippen LogP contribution in [0.5, 0.6) is 0 Å². The van der Waals surface area contributed by atoms with E-state index >= 15 is 0 Å². The van der Waals surface area contributed by atoms with Gasteiger partial charge in [-0.1, -0.05) is 6.07 Å². The van der Waals surface area contributed by atoms with E-state index in [1.807, 2.05) is 0 Å². The van der Waals surface area contributed by atoms with Gasteiger partial charge in [0.2, 0.25) is 5.95 Å². The van der Waals surface area contributed by atoms with E-state index in [2.05, 4.69) is 25.5 Å². The zero-order valence-corrected chi connectivity index (χ0v) is 17.7. The minimum absolute atomic E-state index is 0.0134. The number of hydrogen-bond acceptors (Lipinski definition) is 10. The van der Waals surface area contributed by atoms with E-state index < -0.39 is 60.2 Å². The van der Waals surface area contributed by atoms with Crippen molar-refractivity contribution in [3.8, 4) is 0 Å². The van der Waals surface area contributed by atoms with Crippen molar-refractivity contribution in [3.05, 3.63) is 41.2 Å². The minimum atomic E-state index is -5.09. The van der Waals surface area contributed by atoms with Gasteiger partial charge in [-0.25, -0.2) is 10.4 Å². The number of aliphatic hydroxyl groups is 3. The summed E-state index contributed by atoms with van der Waals surface area (Å²) in [6.45, 7) is -0.580. The highest BCUT2D eigenvalue weighted by Crippen LogP contribution is 2.37. The molecule has 6 N–H and O–H groups in total. The van der Waals surface area contributed by atoms with Crippen molar-refractivity contribution < 1.29 is 46.4 Å². The first kappa shape index (κ1) is 25.5. The molecular formula is C19H17F6N7O4. The first-order valence-electron chi connectivity index (χ1n) is 10.0. The average Bonchev–Trinajstić information content (AvgIpc) is 3.33. The summed E-state index contributed by atoms with van der Waals surface area (Å²) in [5.41, 5.74) is 4.44. The summed E-state index contributed by atoms with van der Waals surface area (Å²) in [5.74, 6) is -0.515.